The fraction of sp³-hybridized carbons (Fsp3) is 0.158. The van der Waals surface area contributed by atoms with E-state index in [4.69, 9.17) is 0 Å². The largest absolute Gasteiger partial charge is 0.350 e. The highest BCUT2D eigenvalue weighted by Gasteiger charge is 2.17. The SMILES string of the molecule is CC(=O)Nc1cc(C)cc(Nc2ccc(-c3ccn(C)n3)cc2[N+](=O)[O-])c1. The van der Waals surface area contributed by atoms with Gasteiger partial charge in [0.05, 0.1) is 10.6 Å². The molecule has 2 aromatic carbocycles. The maximum atomic E-state index is 11.6. The number of rotatable bonds is 5. The molecular formula is C19H19N5O3. The van der Waals surface area contributed by atoms with E-state index in [-0.39, 0.29) is 11.6 Å². The van der Waals surface area contributed by atoms with Crippen molar-refractivity contribution in [2.24, 2.45) is 7.05 Å². The second-order valence-electron chi connectivity index (χ2n) is 6.26. The van der Waals surface area contributed by atoms with Crippen LogP contribution in [0, 0.1) is 17.0 Å². The van der Waals surface area contributed by atoms with E-state index >= 15 is 0 Å². The number of carbonyl (C=O) groups excluding carboxylic acids is 1. The lowest BCUT2D eigenvalue weighted by Gasteiger charge is -2.11. The number of anilines is 3. The first-order valence-electron chi connectivity index (χ1n) is 8.26. The molecule has 8 heteroatoms. The zero-order valence-electron chi connectivity index (χ0n) is 15.2. The van der Waals surface area contributed by atoms with Crippen molar-refractivity contribution in [3.05, 3.63) is 64.3 Å². The van der Waals surface area contributed by atoms with E-state index in [0.29, 0.717) is 28.3 Å². The number of hydrogen-bond donors (Lipinski definition) is 2. The number of amides is 1. The summed E-state index contributed by atoms with van der Waals surface area (Å²) in [5, 5.41) is 21.6. The van der Waals surface area contributed by atoms with Gasteiger partial charge in [0, 0.05) is 43.2 Å². The number of nitrogens with zero attached hydrogens (tertiary/aromatic N) is 3. The Morgan fingerprint density at radius 3 is 2.52 bits per heavy atom. The van der Waals surface area contributed by atoms with Crippen molar-refractivity contribution in [1.82, 2.24) is 9.78 Å². The lowest BCUT2D eigenvalue weighted by Crippen LogP contribution is -2.06. The Morgan fingerprint density at radius 1 is 1.15 bits per heavy atom. The van der Waals surface area contributed by atoms with Crippen molar-refractivity contribution in [2.45, 2.75) is 13.8 Å². The Hall–Kier alpha value is -3.68. The average Bonchev–Trinajstić information content (AvgIpc) is 3.00. The maximum Gasteiger partial charge on any atom is 0.293 e. The number of benzene rings is 2. The molecule has 2 N–H and O–H groups in total. The quantitative estimate of drug-likeness (QED) is 0.525. The Labute approximate surface area is 156 Å². The lowest BCUT2D eigenvalue weighted by atomic mass is 10.1. The Morgan fingerprint density at radius 2 is 1.89 bits per heavy atom. The normalized spacial score (nSPS) is 10.5. The minimum absolute atomic E-state index is 0.0549. The van der Waals surface area contributed by atoms with E-state index in [1.807, 2.05) is 19.1 Å². The van der Waals surface area contributed by atoms with Crippen LogP contribution in [0.5, 0.6) is 0 Å². The molecule has 1 aromatic heterocycles. The van der Waals surface area contributed by atoms with Gasteiger partial charge in [-0.15, -0.1) is 0 Å². The summed E-state index contributed by atoms with van der Waals surface area (Å²) in [6.45, 7) is 3.31. The Balaban J connectivity index is 1.96. The molecule has 0 radical (unpaired) electrons. The number of aromatic nitrogens is 2. The molecule has 1 amide bonds. The molecule has 0 saturated heterocycles. The van der Waals surface area contributed by atoms with Crippen molar-refractivity contribution >= 4 is 28.7 Å². The maximum absolute atomic E-state index is 11.6. The van der Waals surface area contributed by atoms with Crippen molar-refractivity contribution in [3.63, 3.8) is 0 Å². The van der Waals surface area contributed by atoms with Crippen LogP contribution in [0.4, 0.5) is 22.7 Å². The third-order valence-corrected chi connectivity index (χ3v) is 3.88. The van der Waals surface area contributed by atoms with Crippen LogP contribution in [0.1, 0.15) is 12.5 Å². The van der Waals surface area contributed by atoms with Crippen LogP contribution in [-0.2, 0) is 11.8 Å². The van der Waals surface area contributed by atoms with Crippen LogP contribution in [0.2, 0.25) is 0 Å². The number of aryl methyl sites for hydroxylation is 2. The lowest BCUT2D eigenvalue weighted by molar-refractivity contribution is -0.383. The van der Waals surface area contributed by atoms with Crippen LogP contribution in [0.15, 0.2) is 48.7 Å². The van der Waals surface area contributed by atoms with Crippen LogP contribution in [0.25, 0.3) is 11.3 Å². The molecule has 0 saturated carbocycles. The van der Waals surface area contributed by atoms with Gasteiger partial charge in [-0.1, -0.05) is 6.07 Å². The van der Waals surface area contributed by atoms with E-state index in [1.165, 1.54) is 13.0 Å². The first kappa shape index (κ1) is 18.1. The fourth-order valence-electron chi connectivity index (χ4n) is 2.80. The van der Waals surface area contributed by atoms with Crippen LogP contribution >= 0.6 is 0 Å². The third kappa shape index (κ3) is 4.30. The van der Waals surface area contributed by atoms with Gasteiger partial charge in [-0.2, -0.15) is 5.10 Å². The monoisotopic (exact) mass is 365 g/mol. The zero-order valence-corrected chi connectivity index (χ0v) is 15.2. The Bertz CT molecular complexity index is 1030. The summed E-state index contributed by atoms with van der Waals surface area (Å²) >= 11 is 0. The summed E-state index contributed by atoms with van der Waals surface area (Å²) in [6.07, 6.45) is 1.78. The number of nitro benzene ring substituents is 1. The summed E-state index contributed by atoms with van der Waals surface area (Å²) in [5.41, 5.74) is 3.81. The molecule has 3 aromatic rings. The summed E-state index contributed by atoms with van der Waals surface area (Å²) in [4.78, 5) is 22.4. The third-order valence-electron chi connectivity index (χ3n) is 3.88. The minimum Gasteiger partial charge on any atom is -0.350 e. The van der Waals surface area contributed by atoms with Gasteiger partial charge in [-0.25, -0.2) is 0 Å². The minimum atomic E-state index is -0.431. The molecule has 1 heterocycles. The standard InChI is InChI=1S/C19H19N5O3/c1-12-8-15(20-13(2)25)11-16(9-12)21-18-5-4-14(10-19(18)24(26)27)17-6-7-23(3)22-17/h4-11,21H,1-3H3,(H,20,25). The summed E-state index contributed by atoms with van der Waals surface area (Å²) in [7, 11) is 1.79. The number of hydrogen-bond acceptors (Lipinski definition) is 5. The molecule has 0 aliphatic carbocycles. The summed E-state index contributed by atoms with van der Waals surface area (Å²) < 4.78 is 1.64. The highest BCUT2D eigenvalue weighted by molar-refractivity contribution is 5.89. The second-order valence-corrected chi connectivity index (χ2v) is 6.26. The highest BCUT2D eigenvalue weighted by Crippen LogP contribution is 2.33. The van der Waals surface area contributed by atoms with Crippen LogP contribution in [0.3, 0.4) is 0 Å². The number of nitro groups is 1. The van der Waals surface area contributed by atoms with Crippen molar-refractivity contribution in [3.8, 4) is 11.3 Å². The molecule has 0 atom stereocenters. The molecule has 0 unspecified atom stereocenters. The first-order chi connectivity index (χ1) is 12.8. The molecular weight excluding hydrogens is 346 g/mol. The smallest absolute Gasteiger partial charge is 0.293 e. The van der Waals surface area contributed by atoms with E-state index in [2.05, 4.69) is 15.7 Å². The van der Waals surface area contributed by atoms with E-state index < -0.39 is 4.92 Å². The summed E-state index contributed by atoms with van der Waals surface area (Å²) in [5.74, 6) is -0.183. The van der Waals surface area contributed by atoms with Crippen molar-refractivity contribution in [1.29, 1.82) is 0 Å². The van der Waals surface area contributed by atoms with Crippen LogP contribution < -0.4 is 10.6 Å². The van der Waals surface area contributed by atoms with Crippen molar-refractivity contribution in [2.75, 3.05) is 10.6 Å². The zero-order chi connectivity index (χ0) is 19.6. The van der Waals surface area contributed by atoms with E-state index in [1.54, 1.807) is 42.2 Å². The van der Waals surface area contributed by atoms with E-state index in [0.717, 1.165) is 5.56 Å². The molecule has 0 bridgehead atoms. The first-order valence-corrected chi connectivity index (χ1v) is 8.26. The summed E-state index contributed by atoms with van der Waals surface area (Å²) in [6, 6.07) is 12.1. The van der Waals surface area contributed by atoms with E-state index in [9.17, 15) is 14.9 Å². The van der Waals surface area contributed by atoms with Gasteiger partial charge in [0.15, 0.2) is 0 Å². The second kappa shape index (κ2) is 7.28. The predicted molar refractivity (Wildman–Crippen MR) is 104 cm³/mol. The highest BCUT2D eigenvalue weighted by atomic mass is 16.6. The van der Waals surface area contributed by atoms with Gasteiger partial charge in [0.1, 0.15) is 5.69 Å². The molecule has 138 valence electrons. The molecule has 0 fully saturated rings. The molecule has 8 nitrogen and oxygen atoms in total. The van der Waals surface area contributed by atoms with Gasteiger partial charge >= 0.3 is 0 Å². The molecule has 0 spiro atoms. The fourth-order valence-corrected chi connectivity index (χ4v) is 2.80. The Kier molecular flexibility index (Phi) is 4.89. The molecule has 0 aliphatic rings. The average molecular weight is 365 g/mol. The van der Waals surface area contributed by atoms with Gasteiger partial charge in [-0.05, 0) is 42.8 Å². The molecule has 3 rings (SSSR count). The predicted octanol–water partition coefficient (Wildman–Crippen LogP) is 4.01. The van der Waals surface area contributed by atoms with Gasteiger partial charge < -0.3 is 10.6 Å². The van der Waals surface area contributed by atoms with Crippen molar-refractivity contribution < 1.29 is 9.72 Å². The van der Waals surface area contributed by atoms with Gasteiger partial charge in [-0.3, -0.25) is 19.6 Å². The number of nitrogens with one attached hydrogen (secondary N) is 2. The molecule has 27 heavy (non-hydrogen) atoms. The number of carbonyl (C=O) groups is 1. The van der Waals surface area contributed by atoms with Gasteiger partial charge in [0.2, 0.25) is 5.91 Å². The van der Waals surface area contributed by atoms with Gasteiger partial charge in [0.25, 0.3) is 5.69 Å². The van der Waals surface area contributed by atoms with Crippen LogP contribution in [-0.4, -0.2) is 20.6 Å². The topological polar surface area (TPSA) is 102 Å². The molecule has 0 aliphatic heterocycles.